The van der Waals surface area contributed by atoms with Crippen LogP contribution in [0, 0.1) is 31.0 Å². The monoisotopic (exact) mass is 521 g/mol. The number of allylic oxidation sites excluding steroid dienone is 3. The quantitative estimate of drug-likeness (QED) is 0.382. The Morgan fingerprint density at radius 2 is 1.79 bits per heavy atom. The Hall–Kier alpha value is -4.37. The molecule has 39 heavy (non-hydrogen) atoms. The van der Waals surface area contributed by atoms with Gasteiger partial charge in [0.25, 0.3) is 0 Å². The lowest BCUT2D eigenvalue weighted by atomic mass is 9.73. The fraction of sp³-hybridized carbons (Fsp3) is 0.273. The van der Waals surface area contributed by atoms with E-state index in [1.807, 2.05) is 43.0 Å². The molecule has 1 heterocycles. The van der Waals surface area contributed by atoms with Crippen LogP contribution in [0.25, 0.3) is 0 Å². The highest BCUT2D eigenvalue weighted by Crippen LogP contribution is 2.47. The minimum atomic E-state index is -0.548. The van der Waals surface area contributed by atoms with Crippen LogP contribution in [0.5, 0.6) is 5.75 Å². The molecule has 1 atom stereocenters. The van der Waals surface area contributed by atoms with Crippen LogP contribution in [-0.4, -0.2) is 5.78 Å². The summed E-state index contributed by atoms with van der Waals surface area (Å²) in [5, 5.41) is 10.4. The van der Waals surface area contributed by atoms with E-state index in [0.717, 1.165) is 46.5 Å². The molecular formula is C33H32FN3O2. The van der Waals surface area contributed by atoms with Crippen LogP contribution in [0.3, 0.4) is 0 Å². The van der Waals surface area contributed by atoms with Gasteiger partial charge in [-0.2, -0.15) is 5.26 Å². The number of benzene rings is 3. The minimum Gasteiger partial charge on any atom is -0.489 e. The molecule has 5 nitrogen and oxygen atoms in total. The number of nitrogens with two attached hydrogens (primary N) is 1. The SMILES string of the molecule is CCc1ccc(N2C(N)=C(C#N)C(c3cc(C)cc(COc4ccc(F)cc4)c3C)C3=C2CCCC3=O)cc1. The summed E-state index contributed by atoms with van der Waals surface area (Å²) in [6, 6.07) is 20.5. The maximum absolute atomic E-state index is 13.6. The van der Waals surface area contributed by atoms with Crippen LogP contribution < -0.4 is 15.4 Å². The second-order valence-electron chi connectivity index (χ2n) is 10.2. The van der Waals surface area contributed by atoms with E-state index < -0.39 is 5.92 Å². The van der Waals surface area contributed by atoms with Crippen molar-refractivity contribution in [2.75, 3.05) is 4.90 Å². The molecule has 0 saturated heterocycles. The van der Waals surface area contributed by atoms with E-state index in [4.69, 9.17) is 10.5 Å². The summed E-state index contributed by atoms with van der Waals surface area (Å²) in [4.78, 5) is 15.5. The molecule has 1 aliphatic heterocycles. The van der Waals surface area contributed by atoms with Gasteiger partial charge >= 0.3 is 0 Å². The van der Waals surface area contributed by atoms with Crippen molar-refractivity contribution >= 4 is 11.5 Å². The summed E-state index contributed by atoms with van der Waals surface area (Å²) < 4.78 is 19.3. The lowest BCUT2D eigenvalue weighted by molar-refractivity contribution is -0.116. The number of carbonyl (C=O) groups excluding carboxylic acids is 1. The van der Waals surface area contributed by atoms with Gasteiger partial charge in [-0.05, 0) is 91.8 Å². The Bertz CT molecular complexity index is 1530. The number of carbonyl (C=O) groups is 1. The largest absolute Gasteiger partial charge is 0.489 e. The van der Waals surface area contributed by atoms with Crippen molar-refractivity contribution in [2.24, 2.45) is 5.73 Å². The number of rotatable bonds is 6. The molecule has 0 aromatic heterocycles. The van der Waals surface area contributed by atoms with Crippen molar-refractivity contribution in [1.82, 2.24) is 0 Å². The summed E-state index contributed by atoms with van der Waals surface area (Å²) in [6.45, 7) is 6.36. The summed E-state index contributed by atoms with van der Waals surface area (Å²) in [7, 11) is 0. The number of Topliss-reactive ketones (excluding diaryl/α,β-unsaturated/α-hetero) is 1. The number of nitriles is 1. The normalized spacial score (nSPS) is 17.3. The number of hydrogen-bond donors (Lipinski definition) is 1. The average Bonchev–Trinajstić information content (AvgIpc) is 2.94. The van der Waals surface area contributed by atoms with Crippen LogP contribution in [0.15, 0.2) is 83.3 Å². The number of ketones is 1. The molecule has 2 N–H and O–H groups in total. The molecule has 0 saturated carbocycles. The number of hydrogen-bond acceptors (Lipinski definition) is 5. The Morgan fingerprint density at radius 1 is 1.08 bits per heavy atom. The third-order valence-electron chi connectivity index (χ3n) is 7.73. The lowest BCUT2D eigenvalue weighted by Gasteiger charge is -2.40. The number of ether oxygens (including phenoxy) is 1. The van der Waals surface area contributed by atoms with E-state index in [2.05, 4.69) is 25.1 Å². The molecule has 2 aliphatic rings. The highest BCUT2D eigenvalue weighted by molar-refractivity contribution is 6.01. The maximum atomic E-state index is 13.6. The molecule has 6 heteroatoms. The Morgan fingerprint density at radius 3 is 2.46 bits per heavy atom. The topological polar surface area (TPSA) is 79.3 Å². The average molecular weight is 522 g/mol. The van der Waals surface area contributed by atoms with E-state index in [1.165, 1.54) is 17.7 Å². The number of nitrogens with zero attached hydrogens (tertiary/aromatic N) is 2. The fourth-order valence-electron chi connectivity index (χ4n) is 5.68. The highest BCUT2D eigenvalue weighted by Gasteiger charge is 2.41. The van der Waals surface area contributed by atoms with Crippen LogP contribution in [0.4, 0.5) is 10.1 Å². The van der Waals surface area contributed by atoms with Gasteiger partial charge in [0, 0.05) is 23.4 Å². The fourth-order valence-corrected chi connectivity index (χ4v) is 5.68. The molecule has 0 fully saturated rings. The zero-order valence-corrected chi connectivity index (χ0v) is 22.6. The summed E-state index contributed by atoms with van der Waals surface area (Å²) in [5.74, 6) is 0.120. The van der Waals surface area contributed by atoms with E-state index in [9.17, 15) is 14.4 Å². The van der Waals surface area contributed by atoms with Gasteiger partial charge in [0.05, 0.1) is 17.6 Å². The predicted molar refractivity (Wildman–Crippen MR) is 150 cm³/mol. The third kappa shape index (κ3) is 4.93. The van der Waals surface area contributed by atoms with Crippen LogP contribution in [0.2, 0.25) is 0 Å². The molecule has 198 valence electrons. The van der Waals surface area contributed by atoms with Crippen molar-refractivity contribution in [3.8, 4) is 11.8 Å². The number of anilines is 1. The number of aryl methyl sites for hydroxylation is 2. The van der Waals surface area contributed by atoms with Crippen molar-refractivity contribution in [3.05, 3.63) is 117 Å². The lowest BCUT2D eigenvalue weighted by Crippen LogP contribution is -2.39. The highest BCUT2D eigenvalue weighted by atomic mass is 19.1. The van der Waals surface area contributed by atoms with Gasteiger partial charge in [0.15, 0.2) is 5.78 Å². The van der Waals surface area contributed by atoms with Gasteiger partial charge in [0.1, 0.15) is 24.0 Å². The van der Waals surface area contributed by atoms with Crippen LogP contribution in [-0.2, 0) is 17.8 Å². The molecule has 1 aliphatic carbocycles. The van der Waals surface area contributed by atoms with Gasteiger partial charge in [0.2, 0.25) is 0 Å². The molecular weight excluding hydrogens is 489 g/mol. The zero-order chi connectivity index (χ0) is 27.7. The molecule has 3 aromatic carbocycles. The van der Waals surface area contributed by atoms with Crippen molar-refractivity contribution in [3.63, 3.8) is 0 Å². The van der Waals surface area contributed by atoms with Crippen molar-refractivity contribution in [1.29, 1.82) is 5.26 Å². The first-order valence-electron chi connectivity index (χ1n) is 13.4. The molecule has 0 radical (unpaired) electrons. The Balaban J connectivity index is 1.61. The molecule has 0 bridgehead atoms. The van der Waals surface area contributed by atoms with E-state index in [-0.39, 0.29) is 18.2 Å². The Kier molecular flexibility index (Phi) is 7.26. The zero-order valence-electron chi connectivity index (χ0n) is 22.6. The first kappa shape index (κ1) is 26.2. The minimum absolute atomic E-state index is 0.0571. The van der Waals surface area contributed by atoms with Crippen LogP contribution in [0.1, 0.15) is 59.9 Å². The first-order valence-corrected chi connectivity index (χ1v) is 13.4. The second-order valence-corrected chi connectivity index (χ2v) is 10.2. The first-order chi connectivity index (χ1) is 18.8. The van der Waals surface area contributed by atoms with Crippen LogP contribution >= 0.6 is 0 Å². The summed E-state index contributed by atoms with van der Waals surface area (Å²) >= 11 is 0. The summed E-state index contributed by atoms with van der Waals surface area (Å²) in [5.41, 5.74) is 14.5. The van der Waals surface area contributed by atoms with Gasteiger partial charge in [-0.25, -0.2) is 4.39 Å². The van der Waals surface area contributed by atoms with Gasteiger partial charge < -0.3 is 10.5 Å². The van der Waals surface area contributed by atoms with Gasteiger partial charge in [-0.15, -0.1) is 0 Å². The third-order valence-corrected chi connectivity index (χ3v) is 7.73. The predicted octanol–water partition coefficient (Wildman–Crippen LogP) is 6.89. The maximum Gasteiger partial charge on any atom is 0.161 e. The molecule has 0 amide bonds. The molecule has 0 spiro atoms. The smallest absolute Gasteiger partial charge is 0.161 e. The standard InChI is InChI=1S/C33H32FN3O2/c1-4-22-8-12-25(13-9-22)37-29-6-5-7-30(38)32(29)31(28(18-35)33(37)36)27-17-20(2)16-23(21(27)3)19-39-26-14-10-24(34)11-15-26/h8-17,31H,4-7,19,36H2,1-3H3. The molecule has 3 aromatic rings. The van der Waals surface area contributed by atoms with Crippen molar-refractivity contribution < 1.29 is 13.9 Å². The van der Waals surface area contributed by atoms with E-state index in [0.29, 0.717) is 35.6 Å². The molecule has 5 rings (SSSR count). The van der Waals surface area contributed by atoms with E-state index >= 15 is 0 Å². The second kappa shape index (κ2) is 10.8. The molecule has 1 unspecified atom stereocenters. The summed E-state index contributed by atoms with van der Waals surface area (Å²) in [6.07, 6.45) is 2.82. The number of halogens is 1. The van der Waals surface area contributed by atoms with Gasteiger partial charge in [-0.3, -0.25) is 9.69 Å². The Labute approximate surface area is 229 Å². The van der Waals surface area contributed by atoms with Gasteiger partial charge in [-0.1, -0.05) is 36.8 Å². The van der Waals surface area contributed by atoms with Crippen molar-refractivity contribution in [2.45, 2.75) is 59.0 Å². The van der Waals surface area contributed by atoms with E-state index in [1.54, 1.807) is 12.1 Å².